The van der Waals surface area contributed by atoms with E-state index in [1.54, 1.807) is 0 Å². The van der Waals surface area contributed by atoms with Crippen LogP contribution < -0.4 is 10.6 Å². The van der Waals surface area contributed by atoms with Crippen LogP contribution in [-0.4, -0.2) is 29.5 Å². The number of carbonyl (C=O) groups is 2. The second-order valence-corrected chi connectivity index (χ2v) is 5.75. The van der Waals surface area contributed by atoms with Crippen LogP contribution in [0.4, 0.5) is 0 Å². The van der Waals surface area contributed by atoms with Gasteiger partial charge in [-0.2, -0.15) is 0 Å². The van der Waals surface area contributed by atoms with Crippen LogP contribution in [0.2, 0.25) is 0 Å². The molecule has 0 saturated carbocycles. The zero-order chi connectivity index (χ0) is 16.5. The molecule has 0 spiro atoms. The minimum Gasteiger partial charge on any atom is -0.511 e. The van der Waals surface area contributed by atoms with Crippen molar-refractivity contribution in [2.75, 3.05) is 6.54 Å². The number of amides is 2. The topological polar surface area (TPSA) is 78.4 Å². The van der Waals surface area contributed by atoms with Crippen LogP contribution in [0.5, 0.6) is 0 Å². The summed E-state index contributed by atoms with van der Waals surface area (Å²) in [4.78, 5) is 23.1. The smallest absolute Gasteiger partial charge is 0.243 e. The predicted octanol–water partition coefficient (Wildman–Crippen LogP) is 2.45. The minimum atomic E-state index is -0.474. The van der Waals surface area contributed by atoms with E-state index in [1.165, 1.54) is 0 Å². The highest BCUT2D eigenvalue weighted by Crippen LogP contribution is 2.19. The van der Waals surface area contributed by atoms with Crippen LogP contribution in [-0.2, 0) is 9.59 Å². The molecule has 0 heterocycles. The summed E-state index contributed by atoms with van der Waals surface area (Å²) in [5.74, 6) is -0.359. The second-order valence-electron chi connectivity index (χ2n) is 5.75. The molecule has 2 amide bonds. The average molecular weight is 296 g/mol. The first-order valence-electron chi connectivity index (χ1n) is 7.33. The van der Waals surface area contributed by atoms with E-state index in [4.69, 9.17) is 0 Å². The Bertz CT molecular complexity index is 389. The molecule has 21 heavy (non-hydrogen) atoms. The molecular weight excluding hydrogens is 268 g/mol. The van der Waals surface area contributed by atoms with E-state index in [-0.39, 0.29) is 23.0 Å². The third-order valence-electron chi connectivity index (χ3n) is 3.61. The maximum Gasteiger partial charge on any atom is 0.243 e. The molecule has 0 aromatic heterocycles. The Morgan fingerprint density at radius 2 is 1.95 bits per heavy atom. The molecule has 0 aliphatic rings. The van der Waals surface area contributed by atoms with Gasteiger partial charge in [0.15, 0.2) is 0 Å². The Balaban J connectivity index is 4.02. The van der Waals surface area contributed by atoms with Gasteiger partial charge in [0.05, 0.1) is 6.04 Å². The lowest BCUT2D eigenvalue weighted by atomic mass is 9.89. The first-order chi connectivity index (χ1) is 9.74. The van der Waals surface area contributed by atoms with E-state index in [2.05, 4.69) is 23.8 Å². The summed E-state index contributed by atoms with van der Waals surface area (Å²) in [7, 11) is 0. The SMILES string of the molecule is C=CC(=O)NC(CCCCNC(=O)C(C)(C)CC)C(=C)O. The van der Waals surface area contributed by atoms with Gasteiger partial charge in [0.1, 0.15) is 5.76 Å². The molecule has 3 N–H and O–H groups in total. The quantitative estimate of drug-likeness (QED) is 0.329. The van der Waals surface area contributed by atoms with E-state index in [0.717, 1.165) is 25.3 Å². The fourth-order valence-electron chi connectivity index (χ4n) is 1.63. The first-order valence-corrected chi connectivity index (χ1v) is 7.33. The first kappa shape index (κ1) is 19.2. The highest BCUT2D eigenvalue weighted by Gasteiger charge is 2.24. The molecule has 5 nitrogen and oxygen atoms in total. The molecule has 0 aliphatic carbocycles. The number of carbonyl (C=O) groups excluding carboxylic acids is 2. The van der Waals surface area contributed by atoms with E-state index >= 15 is 0 Å². The average Bonchev–Trinajstić information content (AvgIpc) is 2.44. The summed E-state index contributed by atoms with van der Waals surface area (Å²) in [5, 5.41) is 14.9. The van der Waals surface area contributed by atoms with Crippen LogP contribution in [0.1, 0.15) is 46.5 Å². The number of aliphatic hydroxyl groups is 1. The largest absolute Gasteiger partial charge is 0.511 e. The second kappa shape index (κ2) is 9.21. The fraction of sp³-hybridized carbons (Fsp3) is 0.625. The zero-order valence-electron chi connectivity index (χ0n) is 13.4. The van der Waals surface area contributed by atoms with Gasteiger partial charge in [-0.3, -0.25) is 9.59 Å². The third-order valence-corrected chi connectivity index (χ3v) is 3.61. The van der Waals surface area contributed by atoms with Crippen molar-refractivity contribution < 1.29 is 14.7 Å². The van der Waals surface area contributed by atoms with Gasteiger partial charge in [-0.15, -0.1) is 0 Å². The maximum atomic E-state index is 11.9. The molecule has 0 aromatic rings. The monoisotopic (exact) mass is 296 g/mol. The van der Waals surface area contributed by atoms with Crippen molar-refractivity contribution in [1.82, 2.24) is 10.6 Å². The summed E-state index contributed by atoms with van der Waals surface area (Å²) in [6, 6.07) is -0.474. The van der Waals surface area contributed by atoms with Crippen molar-refractivity contribution in [3.8, 4) is 0 Å². The Morgan fingerprint density at radius 3 is 2.43 bits per heavy atom. The standard InChI is InChI=1S/C16H28N2O3/c1-6-14(20)18-13(12(3)19)10-8-9-11-17-15(21)16(4,5)7-2/h6,13,19H,1,3,7-11H2,2,4-5H3,(H,17,21)(H,18,20). The molecule has 0 saturated heterocycles. The lowest BCUT2D eigenvalue weighted by molar-refractivity contribution is -0.129. The molecule has 1 unspecified atom stereocenters. The molecule has 0 aliphatic heterocycles. The van der Waals surface area contributed by atoms with Gasteiger partial charge in [0, 0.05) is 12.0 Å². The summed E-state index contributed by atoms with van der Waals surface area (Å²) < 4.78 is 0. The van der Waals surface area contributed by atoms with Crippen molar-refractivity contribution in [2.45, 2.75) is 52.5 Å². The summed E-state index contributed by atoms with van der Waals surface area (Å²) in [6.07, 6.45) is 4.05. The highest BCUT2D eigenvalue weighted by atomic mass is 16.3. The van der Waals surface area contributed by atoms with Gasteiger partial charge in [-0.25, -0.2) is 0 Å². The Hall–Kier alpha value is -1.78. The van der Waals surface area contributed by atoms with Crippen LogP contribution in [0, 0.1) is 5.41 Å². The summed E-state index contributed by atoms with van der Waals surface area (Å²) >= 11 is 0. The molecule has 0 fully saturated rings. The molecule has 120 valence electrons. The minimum absolute atomic E-state index is 0.0491. The number of nitrogens with one attached hydrogen (secondary N) is 2. The molecule has 0 rings (SSSR count). The Morgan fingerprint density at radius 1 is 1.33 bits per heavy atom. The molecule has 1 atom stereocenters. The fourth-order valence-corrected chi connectivity index (χ4v) is 1.63. The van der Waals surface area contributed by atoms with Gasteiger partial charge in [0.25, 0.3) is 0 Å². The summed E-state index contributed by atoms with van der Waals surface area (Å²) in [5.41, 5.74) is -0.347. The number of rotatable bonds is 10. The predicted molar refractivity (Wildman–Crippen MR) is 84.8 cm³/mol. The number of unbranched alkanes of at least 4 members (excludes halogenated alkanes) is 1. The maximum absolute atomic E-state index is 11.9. The van der Waals surface area contributed by atoms with Crippen molar-refractivity contribution in [2.24, 2.45) is 5.41 Å². The van der Waals surface area contributed by atoms with Gasteiger partial charge >= 0.3 is 0 Å². The van der Waals surface area contributed by atoms with Gasteiger partial charge in [-0.05, 0) is 31.8 Å². The van der Waals surface area contributed by atoms with E-state index < -0.39 is 6.04 Å². The molecule has 0 bridgehead atoms. The van der Waals surface area contributed by atoms with Crippen LogP contribution in [0.25, 0.3) is 0 Å². The van der Waals surface area contributed by atoms with E-state index in [0.29, 0.717) is 13.0 Å². The number of hydrogen-bond donors (Lipinski definition) is 3. The van der Waals surface area contributed by atoms with Crippen LogP contribution >= 0.6 is 0 Å². The van der Waals surface area contributed by atoms with Gasteiger partial charge < -0.3 is 15.7 Å². The Labute approximate surface area is 127 Å². The van der Waals surface area contributed by atoms with Crippen LogP contribution in [0.15, 0.2) is 25.0 Å². The molecule has 0 radical (unpaired) electrons. The molecular formula is C16H28N2O3. The third kappa shape index (κ3) is 7.54. The molecule has 5 heteroatoms. The van der Waals surface area contributed by atoms with Crippen LogP contribution in [0.3, 0.4) is 0 Å². The van der Waals surface area contributed by atoms with E-state index in [1.807, 2.05) is 20.8 Å². The van der Waals surface area contributed by atoms with Gasteiger partial charge in [0.2, 0.25) is 11.8 Å². The van der Waals surface area contributed by atoms with Crippen molar-refractivity contribution in [1.29, 1.82) is 0 Å². The van der Waals surface area contributed by atoms with Gasteiger partial charge in [-0.1, -0.05) is 33.9 Å². The van der Waals surface area contributed by atoms with Crippen molar-refractivity contribution >= 4 is 11.8 Å². The van der Waals surface area contributed by atoms with Crippen molar-refractivity contribution in [3.05, 3.63) is 25.0 Å². The highest BCUT2D eigenvalue weighted by molar-refractivity contribution is 5.87. The Kier molecular flexibility index (Phi) is 8.43. The molecule has 0 aromatic carbocycles. The number of aliphatic hydroxyl groups excluding tert-OH is 1. The lowest BCUT2D eigenvalue weighted by Crippen LogP contribution is -2.37. The number of hydrogen-bond acceptors (Lipinski definition) is 3. The zero-order valence-corrected chi connectivity index (χ0v) is 13.4. The van der Waals surface area contributed by atoms with Crippen molar-refractivity contribution in [3.63, 3.8) is 0 Å². The lowest BCUT2D eigenvalue weighted by Gasteiger charge is -2.21. The normalized spacial score (nSPS) is 12.3. The summed E-state index contributed by atoms with van der Waals surface area (Å²) in [6.45, 7) is 13.2. The van der Waals surface area contributed by atoms with E-state index in [9.17, 15) is 14.7 Å².